The third-order valence-corrected chi connectivity index (χ3v) is 9.27. The molecular formula is C46H31NO. The molecule has 0 aromatic heterocycles. The average Bonchev–Trinajstić information content (AvgIpc) is 3.17. The maximum absolute atomic E-state index is 6.92. The molecule has 1 heterocycles. The van der Waals surface area contributed by atoms with E-state index in [0.717, 1.165) is 56.0 Å². The molecule has 0 N–H and O–H groups in total. The highest BCUT2D eigenvalue weighted by molar-refractivity contribution is 6.10. The highest BCUT2D eigenvalue weighted by Gasteiger charge is 2.28. The smallest absolute Gasteiger partial charge is 0.143 e. The summed E-state index contributed by atoms with van der Waals surface area (Å²) in [6.07, 6.45) is 0. The van der Waals surface area contributed by atoms with Gasteiger partial charge in [-0.1, -0.05) is 146 Å². The van der Waals surface area contributed by atoms with Gasteiger partial charge in [-0.2, -0.15) is 0 Å². The van der Waals surface area contributed by atoms with Crippen LogP contribution in [0.5, 0.6) is 11.5 Å². The van der Waals surface area contributed by atoms with Crippen LogP contribution in [0.4, 0.5) is 17.1 Å². The lowest BCUT2D eigenvalue weighted by Crippen LogP contribution is -2.12. The molecule has 226 valence electrons. The van der Waals surface area contributed by atoms with Gasteiger partial charge in [0, 0.05) is 27.9 Å². The fourth-order valence-corrected chi connectivity index (χ4v) is 6.97. The highest BCUT2D eigenvalue weighted by Crippen LogP contribution is 2.54. The Morgan fingerprint density at radius 2 is 0.875 bits per heavy atom. The molecule has 1 aliphatic heterocycles. The Balaban J connectivity index is 1.24. The van der Waals surface area contributed by atoms with Crippen molar-refractivity contribution in [1.82, 2.24) is 0 Å². The van der Waals surface area contributed by atoms with Gasteiger partial charge in [0.05, 0.1) is 5.69 Å². The zero-order valence-corrected chi connectivity index (χ0v) is 26.3. The minimum atomic E-state index is 0.850. The molecule has 0 fully saturated rings. The van der Waals surface area contributed by atoms with Crippen molar-refractivity contribution < 1.29 is 4.74 Å². The number of hydrogen-bond acceptors (Lipinski definition) is 2. The fourth-order valence-electron chi connectivity index (χ4n) is 6.97. The highest BCUT2D eigenvalue weighted by atomic mass is 16.5. The first-order valence-corrected chi connectivity index (χ1v) is 16.4. The van der Waals surface area contributed by atoms with Crippen molar-refractivity contribution in [1.29, 1.82) is 0 Å². The van der Waals surface area contributed by atoms with E-state index in [4.69, 9.17) is 4.74 Å². The van der Waals surface area contributed by atoms with Gasteiger partial charge in [-0.25, -0.2) is 0 Å². The van der Waals surface area contributed by atoms with Gasteiger partial charge in [0.2, 0.25) is 0 Å². The quantitative estimate of drug-likeness (QED) is 0.185. The third kappa shape index (κ3) is 4.83. The first-order chi connectivity index (χ1) is 23.8. The van der Waals surface area contributed by atoms with Gasteiger partial charge < -0.3 is 9.64 Å². The molecule has 0 saturated heterocycles. The molecule has 0 bridgehead atoms. The summed E-state index contributed by atoms with van der Waals surface area (Å²) in [6, 6.07) is 66.7. The first kappa shape index (κ1) is 27.9. The SMILES string of the molecule is c1ccc(-c2ccc(N(c3ccc(-c4ccccc4)cc3)c3cccc4c3-c3cccc5ccc(-c6ccccc6)c(c35)O4)cc2)cc1. The summed E-state index contributed by atoms with van der Waals surface area (Å²) in [5, 5.41) is 2.30. The Hall–Kier alpha value is -6.38. The number of anilines is 3. The molecule has 0 unspecified atom stereocenters. The lowest BCUT2D eigenvalue weighted by Gasteiger charge is -2.31. The van der Waals surface area contributed by atoms with E-state index in [-0.39, 0.29) is 0 Å². The van der Waals surface area contributed by atoms with E-state index in [1.54, 1.807) is 0 Å². The van der Waals surface area contributed by atoms with Crippen LogP contribution in [0.15, 0.2) is 188 Å². The molecule has 8 aromatic rings. The maximum atomic E-state index is 6.92. The molecule has 2 nitrogen and oxygen atoms in total. The van der Waals surface area contributed by atoms with Crippen LogP contribution in [0.2, 0.25) is 0 Å². The number of rotatable bonds is 6. The van der Waals surface area contributed by atoms with Crippen LogP contribution >= 0.6 is 0 Å². The predicted molar refractivity (Wildman–Crippen MR) is 200 cm³/mol. The van der Waals surface area contributed by atoms with Crippen molar-refractivity contribution in [3.05, 3.63) is 188 Å². The number of fused-ring (bicyclic) bond motifs is 2. The van der Waals surface area contributed by atoms with Crippen LogP contribution in [0.1, 0.15) is 0 Å². The third-order valence-electron chi connectivity index (χ3n) is 9.27. The summed E-state index contributed by atoms with van der Waals surface area (Å²) in [5.74, 6) is 1.76. The normalized spacial score (nSPS) is 11.5. The molecule has 0 radical (unpaired) electrons. The monoisotopic (exact) mass is 613 g/mol. The van der Waals surface area contributed by atoms with Gasteiger partial charge in [0.25, 0.3) is 0 Å². The molecule has 2 heteroatoms. The van der Waals surface area contributed by atoms with Crippen molar-refractivity contribution in [2.45, 2.75) is 0 Å². The van der Waals surface area contributed by atoms with Crippen LogP contribution in [0.25, 0.3) is 55.3 Å². The molecule has 0 saturated carbocycles. The van der Waals surface area contributed by atoms with E-state index in [9.17, 15) is 0 Å². The number of ether oxygens (including phenoxy) is 1. The zero-order chi connectivity index (χ0) is 31.9. The van der Waals surface area contributed by atoms with Crippen molar-refractivity contribution in [2.24, 2.45) is 0 Å². The Bertz CT molecular complexity index is 2300. The molecule has 8 aromatic carbocycles. The fraction of sp³-hybridized carbons (Fsp3) is 0. The second-order valence-electron chi connectivity index (χ2n) is 12.1. The van der Waals surface area contributed by atoms with Crippen LogP contribution in [0.3, 0.4) is 0 Å². The van der Waals surface area contributed by atoms with Crippen LogP contribution in [-0.2, 0) is 0 Å². The summed E-state index contributed by atoms with van der Waals surface area (Å²) in [5.41, 5.74) is 12.5. The number of nitrogens with zero attached hydrogens (tertiary/aromatic N) is 1. The number of benzene rings is 8. The molecule has 1 aliphatic rings. The lowest BCUT2D eigenvalue weighted by molar-refractivity contribution is 0.489. The zero-order valence-electron chi connectivity index (χ0n) is 26.3. The summed E-state index contributed by atoms with van der Waals surface area (Å²) < 4.78 is 6.92. The van der Waals surface area contributed by atoms with Gasteiger partial charge in [0.15, 0.2) is 0 Å². The standard InChI is InChI=1S/C46H31NO/c1-4-12-32(13-5-1)34-22-27-38(28-23-34)47(39-29-24-35(25-30-39)33-14-6-2-7-15-33)42-20-11-21-43-45(42)41-19-10-18-37-26-31-40(46(48-43)44(37)41)36-16-8-3-9-17-36/h1-31H. The molecular weight excluding hydrogens is 583 g/mol. The van der Waals surface area contributed by atoms with Crippen molar-refractivity contribution in [3.63, 3.8) is 0 Å². The van der Waals surface area contributed by atoms with E-state index >= 15 is 0 Å². The Kier molecular flexibility index (Phi) is 6.84. The summed E-state index contributed by atoms with van der Waals surface area (Å²) in [4.78, 5) is 2.36. The number of hydrogen-bond donors (Lipinski definition) is 0. The van der Waals surface area contributed by atoms with E-state index in [1.165, 1.54) is 27.8 Å². The average molecular weight is 614 g/mol. The Labute approximate surface area is 280 Å². The maximum Gasteiger partial charge on any atom is 0.143 e. The molecule has 48 heavy (non-hydrogen) atoms. The Morgan fingerprint density at radius 1 is 0.354 bits per heavy atom. The van der Waals surface area contributed by atoms with Gasteiger partial charge >= 0.3 is 0 Å². The molecule has 0 atom stereocenters. The van der Waals surface area contributed by atoms with Gasteiger partial charge in [0.1, 0.15) is 11.5 Å². The molecule has 0 aliphatic carbocycles. The summed E-state index contributed by atoms with van der Waals surface area (Å²) in [6.45, 7) is 0. The molecule has 0 amide bonds. The van der Waals surface area contributed by atoms with Crippen LogP contribution in [-0.4, -0.2) is 0 Å². The molecule has 0 spiro atoms. The van der Waals surface area contributed by atoms with E-state index in [1.807, 2.05) is 0 Å². The van der Waals surface area contributed by atoms with Crippen molar-refractivity contribution in [3.8, 4) is 56.0 Å². The topological polar surface area (TPSA) is 12.5 Å². The molecule has 9 rings (SSSR count). The van der Waals surface area contributed by atoms with Crippen LogP contribution in [0, 0.1) is 0 Å². The Morgan fingerprint density at radius 3 is 1.46 bits per heavy atom. The van der Waals surface area contributed by atoms with Gasteiger partial charge in [-0.15, -0.1) is 0 Å². The lowest BCUT2D eigenvalue weighted by atomic mass is 9.90. The second-order valence-corrected chi connectivity index (χ2v) is 12.1. The van der Waals surface area contributed by atoms with Crippen LogP contribution < -0.4 is 9.64 Å². The van der Waals surface area contributed by atoms with Gasteiger partial charge in [-0.3, -0.25) is 0 Å². The van der Waals surface area contributed by atoms with Crippen molar-refractivity contribution >= 4 is 27.8 Å². The minimum Gasteiger partial charge on any atom is -0.455 e. The predicted octanol–water partition coefficient (Wildman–Crippen LogP) is 13.1. The van der Waals surface area contributed by atoms with Gasteiger partial charge in [-0.05, 0) is 81.2 Å². The van der Waals surface area contributed by atoms with E-state index < -0.39 is 0 Å². The van der Waals surface area contributed by atoms with E-state index in [2.05, 4.69) is 193 Å². The largest absolute Gasteiger partial charge is 0.455 e. The minimum absolute atomic E-state index is 0.850. The second kappa shape index (κ2) is 11.8. The van der Waals surface area contributed by atoms with Crippen molar-refractivity contribution in [2.75, 3.05) is 4.90 Å². The summed E-state index contributed by atoms with van der Waals surface area (Å²) >= 11 is 0. The summed E-state index contributed by atoms with van der Waals surface area (Å²) in [7, 11) is 0. The van der Waals surface area contributed by atoms with E-state index in [0.29, 0.717) is 0 Å². The first-order valence-electron chi connectivity index (χ1n) is 16.4.